The lowest BCUT2D eigenvalue weighted by molar-refractivity contribution is -0.169. The molecule has 0 bridgehead atoms. The summed E-state index contributed by atoms with van der Waals surface area (Å²) in [6.45, 7) is 2.17. The number of cyclic esters (lactones) is 1. The maximum atomic E-state index is 11.6. The number of benzene rings is 1. The Morgan fingerprint density at radius 1 is 1.21 bits per heavy atom. The maximum absolute atomic E-state index is 11.6. The molecule has 2 aliphatic heterocycles. The largest absolute Gasteiger partial charge is 0.456 e. The maximum Gasteiger partial charge on any atom is 0.330 e. The highest BCUT2D eigenvalue weighted by Crippen LogP contribution is 2.30. The highest BCUT2D eigenvalue weighted by atomic mass is 16.6. The van der Waals surface area contributed by atoms with Gasteiger partial charge in [-0.05, 0) is 25.3 Å². The summed E-state index contributed by atoms with van der Waals surface area (Å²) in [6.07, 6.45) is 3.85. The van der Waals surface area contributed by atoms with Crippen molar-refractivity contribution in [1.29, 1.82) is 0 Å². The summed E-state index contributed by atoms with van der Waals surface area (Å²) in [5.74, 6) is -0.343. The lowest BCUT2D eigenvalue weighted by Gasteiger charge is -2.32. The van der Waals surface area contributed by atoms with Gasteiger partial charge < -0.3 is 19.3 Å². The Morgan fingerprint density at radius 3 is 2.62 bits per heavy atom. The first-order valence-electron chi connectivity index (χ1n) is 8.49. The Balaban J connectivity index is 1.69. The molecule has 0 aromatic heterocycles. The first-order chi connectivity index (χ1) is 11.6. The van der Waals surface area contributed by atoms with Gasteiger partial charge in [-0.2, -0.15) is 0 Å². The second kappa shape index (κ2) is 7.92. The minimum absolute atomic E-state index is 0.183. The molecule has 5 heteroatoms. The van der Waals surface area contributed by atoms with E-state index in [4.69, 9.17) is 14.2 Å². The second-order valence-electron chi connectivity index (χ2n) is 6.41. The molecule has 1 fully saturated rings. The van der Waals surface area contributed by atoms with Crippen LogP contribution in [0.4, 0.5) is 0 Å². The van der Waals surface area contributed by atoms with Crippen LogP contribution in [0.5, 0.6) is 0 Å². The number of esters is 1. The third kappa shape index (κ3) is 4.23. The monoisotopic (exact) mass is 332 g/mol. The normalized spacial score (nSPS) is 29.2. The van der Waals surface area contributed by atoms with Crippen LogP contribution in [0.3, 0.4) is 0 Å². The van der Waals surface area contributed by atoms with Crippen LogP contribution in [-0.4, -0.2) is 41.6 Å². The van der Waals surface area contributed by atoms with E-state index >= 15 is 0 Å². The first kappa shape index (κ1) is 17.1. The third-order valence-electron chi connectivity index (χ3n) is 4.53. The Bertz CT molecular complexity index is 568. The zero-order valence-corrected chi connectivity index (χ0v) is 13.8. The molecule has 1 N–H and O–H groups in total. The zero-order valence-electron chi connectivity index (χ0n) is 13.8. The number of carbonyl (C=O) groups is 1. The molecule has 0 saturated carbocycles. The van der Waals surface area contributed by atoms with Crippen molar-refractivity contribution >= 4 is 5.97 Å². The third-order valence-corrected chi connectivity index (χ3v) is 4.53. The van der Waals surface area contributed by atoms with E-state index in [1.165, 1.54) is 6.08 Å². The number of ether oxygens (including phenoxy) is 3. The first-order valence-corrected chi connectivity index (χ1v) is 8.49. The second-order valence-corrected chi connectivity index (χ2v) is 6.41. The molecule has 0 aliphatic carbocycles. The van der Waals surface area contributed by atoms with Crippen LogP contribution in [0.15, 0.2) is 42.5 Å². The summed E-state index contributed by atoms with van der Waals surface area (Å²) < 4.78 is 17.5. The summed E-state index contributed by atoms with van der Waals surface area (Å²) >= 11 is 0. The van der Waals surface area contributed by atoms with Crippen LogP contribution >= 0.6 is 0 Å². The SMILES string of the molecule is C[C@@H](O)[C@H]1CC[C@@H]([C@H](OCc2ccccc2)C2CC=CC(=O)O2)O1. The van der Waals surface area contributed by atoms with E-state index in [2.05, 4.69) is 0 Å². The highest BCUT2D eigenvalue weighted by molar-refractivity contribution is 5.82. The van der Waals surface area contributed by atoms with Gasteiger partial charge in [0.05, 0.1) is 24.9 Å². The summed E-state index contributed by atoms with van der Waals surface area (Å²) in [5, 5.41) is 9.75. The molecule has 24 heavy (non-hydrogen) atoms. The summed E-state index contributed by atoms with van der Waals surface area (Å²) in [4.78, 5) is 11.6. The molecule has 1 aromatic carbocycles. The number of aliphatic hydroxyl groups excluding tert-OH is 1. The number of aliphatic hydroxyl groups is 1. The molecule has 1 aromatic rings. The van der Waals surface area contributed by atoms with E-state index in [0.717, 1.165) is 18.4 Å². The topological polar surface area (TPSA) is 65.0 Å². The van der Waals surface area contributed by atoms with E-state index in [9.17, 15) is 9.90 Å². The van der Waals surface area contributed by atoms with Crippen LogP contribution in [0.2, 0.25) is 0 Å². The van der Waals surface area contributed by atoms with Crippen LogP contribution in [0, 0.1) is 0 Å². The number of hydrogen-bond acceptors (Lipinski definition) is 5. The van der Waals surface area contributed by atoms with Gasteiger partial charge in [0.15, 0.2) is 0 Å². The van der Waals surface area contributed by atoms with Crippen molar-refractivity contribution in [1.82, 2.24) is 0 Å². The van der Waals surface area contributed by atoms with Gasteiger partial charge in [0, 0.05) is 12.5 Å². The molecule has 2 heterocycles. The fraction of sp³-hybridized carbons (Fsp3) is 0.526. The Labute approximate surface area is 142 Å². The zero-order chi connectivity index (χ0) is 16.9. The molecule has 0 radical (unpaired) electrons. The van der Waals surface area contributed by atoms with Crippen LogP contribution in [-0.2, 0) is 25.6 Å². The Kier molecular flexibility index (Phi) is 5.66. The summed E-state index contributed by atoms with van der Waals surface area (Å²) in [5.41, 5.74) is 1.06. The quantitative estimate of drug-likeness (QED) is 0.810. The van der Waals surface area contributed by atoms with Crippen molar-refractivity contribution in [3.63, 3.8) is 0 Å². The average Bonchev–Trinajstić information content (AvgIpc) is 3.06. The molecule has 2 aliphatic rings. The molecule has 0 spiro atoms. The van der Waals surface area contributed by atoms with E-state index < -0.39 is 6.10 Å². The van der Waals surface area contributed by atoms with Crippen LogP contribution < -0.4 is 0 Å². The van der Waals surface area contributed by atoms with Gasteiger partial charge in [0.2, 0.25) is 0 Å². The smallest absolute Gasteiger partial charge is 0.330 e. The minimum Gasteiger partial charge on any atom is -0.456 e. The average molecular weight is 332 g/mol. The van der Waals surface area contributed by atoms with E-state index in [-0.39, 0.29) is 30.4 Å². The number of hydrogen-bond donors (Lipinski definition) is 1. The molecule has 5 nitrogen and oxygen atoms in total. The Hall–Kier alpha value is -1.69. The van der Waals surface area contributed by atoms with Crippen molar-refractivity contribution < 1.29 is 24.1 Å². The minimum atomic E-state index is -0.515. The lowest BCUT2D eigenvalue weighted by atomic mass is 10.00. The molecule has 0 amide bonds. The summed E-state index contributed by atoms with van der Waals surface area (Å²) in [6, 6.07) is 9.89. The number of carbonyl (C=O) groups excluding carboxylic acids is 1. The fourth-order valence-electron chi connectivity index (χ4n) is 3.24. The van der Waals surface area contributed by atoms with Crippen molar-refractivity contribution in [2.45, 2.75) is 63.3 Å². The highest BCUT2D eigenvalue weighted by Gasteiger charge is 2.40. The van der Waals surface area contributed by atoms with Crippen molar-refractivity contribution in [3.8, 4) is 0 Å². The predicted octanol–water partition coefficient (Wildman–Crippen LogP) is 2.37. The molecule has 3 rings (SSSR count). The molecule has 130 valence electrons. The van der Waals surface area contributed by atoms with Crippen molar-refractivity contribution in [2.24, 2.45) is 0 Å². The molecular weight excluding hydrogens is 308 g/mol. The van der Waals surface area contributed by atoms with E-state index in [1.54, 1.807) is 6.92 Å². The fourth-order valence-corrected chi connectivity index (χ4v) is 3.24. The predicted molar refractivity (Wildman–Crippen MR) is 88.2 cm³/mol. The van der Waals surface area contributed by atoms with Gasteiger partial charge >= 0.3 is 5.97 Å². The van der Waals surface area contributed by atoms with Gasteiger partial charge in [0.25, 0.3) is 0 Å². The Morgan fingerprint density at radius 2 is 1.96 bits per heavy atom. The standard InChI is InChI=1S/C19H24O5/c1-13(20)15-10-11-17(23-15)19(16-8-5-9-18(21)24-16)22-12-14-6-3-2-4-7-14/h2-7,9,13,15-17,19-20H,8,10-12H2,1H3/t13-,15-,16?,17+,19-/m1/s1. The van der Waals surface area contributed by atoms with Crippen molar-refractivity contribution in [2.75, 3.05) is 0 Å². The van der Waals surface area contributed by atoms with E-state index in [1.807, 2.05) is 36.4 Å². The number of rotatable bonds is 6. The van der Waals surface area contributed by atoms with Gasteiger partial charge in [-0.25, -0.2) is 4.79 Å². The van der Waals surface area contributed by atoms with Gasteiger partial charge in [-0.3, -0.25) is 0 Å². The molecule has 1 saturated heterocycles. The van der Waals surface area contributed by atoms with Gasteiger partial charge in [-0.1, -0.05) is 36.4 Å². The molecule has 5 atom stereocenters. The molecular formula is C19H24O5. The lowest BCUT2D eigenvalue weighted by Crippen LogP contribution is -2.43. The van der Waals surface area contributed by atoms with Crippen molar-refractivity contribution in [3.05, 3.63) is 48.0 Å². The van der Waals surface area contributed by atoms with Gasteiger partial charge in [0.1, 0.15) is 12.2 Å². The van der Waals surface area contributed by atoms with Crippen LogP contribution in [0.1, 0.15) is 31.7 Å². The molecule has 1 unspecified atom stereocenters. The summed E-state index contributed by atoms with van der Waals surface area (Å²) in [7, 11) is 0. The van der Waals surface area contributed by atoms with E-state index in [0.29, 0.717) is 13.0 Å². The van der Waals surface area contributed by atoms with Gasteiger partial charge in [-0.15, -0.1) is 0 Å². The van der Waals surface area contributed by atoms with Crippen LogP contribution in [0.25, 0.3) is 0 Å².